The number of hydrogen-bond donors (Lipinski definition) is 4. The van der Waals surface area contributed by atoms with Crippen LogP contribution in [-0.4, -0.2) is 38.8 Å². The lowest BCUT2D eigenvalue weighted by molar-refractivity contribution is -0.177. The number of aromatic hydroxyl groups is 2. The first-order valence-electron chi connectivity index (χ1n) is 13.9. The molecule has 0 bridgehead atoms. The summed E-state index contributed by atoms with van der Waals surface area (Å²) in [6.45, 7) is 13.5. The summed E-state index contributed by atoms with van der Waals surface area (Å²) in [4.78, 5) is 12.4. The fourth-order valence-corrected chi connectivity index (χ4v) is 10.3. The van der Waals surface area contributed by atoms with Crippen molar-refractivity contribution in [1.29, 1.82) is 0 Å². The zero-order valence-corrected chi connectivity index (χ0v) is 24.1. The van der Waals surface area contributed by atoms with Crippen molar-refractivity contribution in [2.75, 3.05) is 12.4 Å². The van der Waals surface area contributed by atoms with Crippen molar-refractivity contribution < 1.29 is 25.2 Å². The maximum absolute atomic E-state index is 12.4. The van der Waals surface area contributed by atoms with Crippen molar-refractivity contribution in [1.82, 2.24) is 0 Å². The smallest absolute Gasteiger partial charge is 0.309 e. The molecule has 7 atom stereocenters. The van der Waals surface area contributed by atoms with Gasteiger partial charge in [-0.1, -0.05) is 39.3 Å². The molecule has 4 aliphatic carbocycles. The van der Waals surface area contributed by atoms with Gasteiger partial charge in [0.15, 0.2) is 11.5 Å². The maximum atomic E-state index is 12.4. The monoisotopic (exact) mass is 528 g/mol. The van der Waals surface area contributed by atoms with E-state index in [1.54, 1.807) is 17.8 Å². The van der Waals surface area contributed by atoms with Crippen LogP contribution in [-0.2, 0) is 10.2 Å². The Morgan fingerprint density at radius 2 is 1.70 bits per heavy atom. The Labute approximate surface area is 225 Å². The summed E-state index contributed by atoms with van der Waals surface area (Å²) in [6.07, 6.45) is 8.94. The number of carbonyl (C=O) groups is 1. The van der Waals surface area contributed by atoms with Gasteiger partial charge in [-0.3, -0.25) is 4.79 Å². The van der Waals surface area contributed by atoms with Gasteiger partial charge in [0.1, 0.15) is 0 Å². The third kappa shape index (κ3) is 3.50. The van der Waals surface area contributed by atoms with E-state index in [2.05, 4.69) is 33.8 Å². The highest BCUT2D eigenvalue weighted by Crippen LogP contribution is 2.75. The maximum Gasteiger partial charge on any atom is 0.309 e. The molecule has 0 spiro atoms. The first-order chi connectivity index (χ1) is 17.2. The van der Waals surface area contributed by atoms with E-state index in [4.69, 9.17) is 0 Å². The average molecular weight is 529 g/mol. The number of benzene rings is 1. The molecule has 204 valence electrons. The van der Waals surface area contributed by atoms with Gasteiger partial charge in [0.2, 0.25) is 0 Å². The molecule has 1 aromatic rings. The summed E-state index contributed by atoms with van der Waals surface area (Å²) in [7, 11) is 0. The number of carboxylic acids is 1. The predicted molar refractivity (Wildman–Crippen MR) is 148 cm³/mol. The molecule has 1 unspecified atom stereocenters. The van der Waals surface area contributed by atoms with Gasteiger partial charge in [-0.15, -0.1) is 11.8 Å². The molecule has 0 aliphatic heterocycles. The number of aliphatic carboxylic acids is 1. The number of fused-ring (bicyclic) bond motifs is 7. The van der Waals surface area contributed by atoms with Crippen molar-refractivity contribution in [2.24, 2.45) is 27.6 Å². The first kappa shape index (κ1) is 26.9. The van der Waals surface area contributed by atoms with Crippen LogP contribution in [0.4, 0.5) is 0 Å². The van der Waals surface area contributed by atoms with Crippen LogP contribution in [0, 0.1) is 34.5 Å². The molecule has 5 rings (SSSR count). The number of aliphatic hydroxyl groups excluding tert-OH is 1. The molecule has 5 nitrogen and oxygen atoms in total. The summed E-state index contributed by atoms with van der Waals surface area (Å²) in [5.74, 6) is 0.132. The SMILES string of the molecule is Cc1c(O)c(O)cc2c1C(SCCO)C=C1[C@@]2(C)CC[C@@]2(C)[C@@H]3C[C@](C)(C(=O)O)CC[C@]3(C)CC[C@]12C. The summed E-state index contributed by atoms with van der Waals surface area (Å²) >= 11 is 1.69. The van der Waals surface area contributed by atoms with E-state index in [9.17, 15) is 25.2 Å². The number of thioether (sulfide) groups is 1. The Morgan fingerprint density at radius 1 is 1.03 bits per heavy atom. The quantitative estimate of drug-likeness (QED) is 0.252. The summed E-state index contributed by atoms with van der Waals surface area (Å²) in [6, 6.07) is 1.79. The van der Waals surface area contributed by atoms with Crippen LogP contribution >= 0.6 is 11.8 Å². The Morgan fingerprint density at radius 3 is 2.35 bits per heavy atom. The predicted octanol–water partition coefficient (Wildman–Crippen LogP) is 6.87. The highest BCUT2D eigenvalue weighted by Gasteiger charge is 2.67. The number of aliphatic hydroxyl groups is 1. The lowest BCUT2D eigenvalue weighted by Gasteiger charge is -2.70. The van der Waals surface area contributed by atoms with Gasteiger partial charge in [-0.05, 0) is 104 Å². The van der Waals surface area contributed by atoms with Gasteiger partial charge >= 0.3 is 5.97 Å². The second kappa shape index (κ2) is 8.42. The fourth-order valence-electron chi connectivity index (χ4n) is 9.19. The molecule has 0 heterocycles. The van der Waals surface area contributed by atoms with Crippen LogP contribution in [0.25, 0.3) is 0 Å². The van der Waals surface area contributed by atoms with Gasteiger partial charge in [-0.25, -0.2) is 0 Å². The van der Waals surface area contributed by atoms with Crippen LogP contribution in [0.15, 0.2) is 17.7 Å². The van der Waals surface area contributed by atoms with E-state index in [-0.39, 0.29) is 45.0 Å². The summed E-state index contributed by atoms with van der Waals surface area (Å²) < 4.78 is 0. The van der Waals surface area contributed by atoms with Gasteiger partial charge in [0, 0.05) is 16.4 Å². The fraction of sp³-hybridized carbons (Fsp3) is 0.710. The average Bonchev–Trinajstić information content (AvgIpc) is 2.84. The van der Waals surface area contributed by atoms with Gasteiger partial charge in [-0.2, -0.15) is 0 Å². The van der Waals surface area contributed by atoms with E-state index < -0.39 is 11.4 Å². The van der Waals surface area contributed by atoms with Crippen LogP contribution in [0.5, 0.6) is 11.5 Å². The van der Waals surface area contributed by atoms with E-state index in [1.807, 2.05) is 13.8 Å². The normalized spacial score (nSPS) is 42.6. The minimum Gasteiger partial charge on any atom is -0.504 e. The number of phenolic OH excluding ortho intramolecular Hbond substituents is 2. The zero-order chi connectivity index (χ0) is 27.2. The zero-order valence-electron chi connectivity index (χ0n) is 23.3. The topological polar surface area (TPSA) is 98.0 Å². The van der Waals surface area contributed by atoms with Crippen molar-refractivity contribution in [3.63, 3.8) is 0 Å². The molecule has 0 radical (unpaired) electrons. The van der Waals surface area contributed by atoms with E-state index in [1.165, 1.54) is 5.57 Å². The lowest BCUT2D eigenvalue weighted by Crippen LogP contribution is -2.62. The summed E-state index contributed by atoms with van der Waals surface area (Å²) in [5.41, 5.74) is 3.35. The van der Waals surface area contributed by atoms with Crippen LogP contribution in [0.1, 0.15) is 102 Å². The third-order valence-corrected chi connectivity index (χ3v) is 13.1. The van der Waals surface area contributed by atoms with E-state index in [0.717, 1.165) is 61.6 Å². The molecule has 37 heavy (non-hydrogen) atoms. The minimum atomic E-state index is -0.681. The van der Waals surface area contributed by atoms with Gasteiger partial charge in [0.05, 0.1) is 12.0 Å². The highest BCUT2D eigenvalue weighted by molar-refractivity contribution is 7.99. The second-order valence-corrected chi connectivity index (χ2v) is 15.0. The first-order valence-corrected chi connectivity index (χ1v) is 15.0. The molecule has 1 aromatic carbocycles. The molecule has 0 saturated heterocycles. The van der Waals surface area contributed by atoms with Crippen molar-refractivity contribution in [2.45, 2.75) is 97.2 Å². The van der Waals surface area contributed by atoms with E-state index >= 15 is 0 Å². The number of phenols is 2. The minimum absolute atomic E-state index is 0.0140. The Balaban J connectivity index is 1.68. The Kier molecular flexibility index (Phi) is 6.13. The number of rotatable bonds is 4. The molecule has 6 heteroatoms. The molecule has 3 saturated carbocycles. The Bertz CT molecular complexity index is 1180. The van der Waals surface area contributed by atoms with Crippen molar-refractivity contribution in [3.8, 4) is 11.5 Å². The second-order valence-electron chi connectivity index (χ2n) is 13.8. The van der Waals surface area contributed by atoms with Crippen LogP contribution < -0.4 is 0 Å². The molecule has 0 aromatic heterocycles. The standard InChI is InChI=1S/C31H44O5S/c1-18-24-19(15-20(33)25(18)34)29(4)10-12-31(6)23-17-28(3,26(35)36)8-7-27(23,2)9-11-30(31,5)22(29)16-21(24)37-14-13-32/h15-16,21,23,32-34H,7-14,17H2,1-6H3,(H,35,36)/t21?,23-,27-,28-,29+,30-,31+/m1/s1. The number of hydrogen-bond acceptors (Lipinski definition) is 5. The number of carboxylic acid groups (broad SMARTS) is 1. The number of allylic oxidation sites excluding steroid dienone is 1. The highest BCUT2D eigenvalue weighted by atomic mass is 32.2. The molecular weight excluding hydrogens is 484 g/mol. The molecule has 4 aliphatic rings. The largest absolute Gasteiger partial charge is 0.504 e. The van der Waals surface area contributed by atoms with Crippen LogP contribution in [0.2, 0.25) is 0 Å². The van der Waals surface area contributed by atoms with E-state index in [0.29, 0.717) is 11.7 Å². The molecule has 3 fully saturated rings. The Hall–Kier alpha value is -1.66. The third-order valence-electron chi connectivity index (χ3n) is 12.0. The summed E-state index contributed by atoms with van der Waals surface area (Å²) in [5, 5.41) is 41.1. The van der Waals surface area contributed by atoms with Crippen LogP contribution in [0.3, 0.4) is 0 Å². The van der Waals surface area contributed by atoms with Gasteiger partial charge in [0.25, 0.3) is 0 Å². The van der Waals surface area contributed by atoms with Crippen molar-refractivity contribution >= 4 is 17.7 Å². The molecule has 4 N–H and O–H groups in total. The lowest BCUT2D eigenvalue weighted by atomic mass is 9.34. The van der Waals surface area contributed by atoms with Gasteiger partial charge < -0.3 is 20.4 Å². The molecule has 0 amide bonds. The van der Waals surface area contributed by atoms with Crippen molar-refractivity contribution in [3.05, 3.63) is 34.4 Å². The molecular formula is C31H44O5S.